The molecule has 1 aromatic rings. The predicted molar refractivity (Wildman–Crippen MR) is 193 cm³/mol. The molecule has 1 heterocycles. The number of benzene rings is 1. The topological polar surface area (TPSA) is 171 Å². The van der Waals surface area contributed by atoms with Crippen LogP contribution in [0.15, 0.2) is 47.9 Å². The molecule has 0 radical (unpaired) electrons. The van der Waals surface area contributed by atoms with E-state index in [9.17, 15) is 45.6 Å². The van der Waals surface area contributed by atoms with Crippen LogP contribution in [0.2, 0.25) is 0 Å². The lowest BCUT2D eigenvalue weighted by Crippen LogP contribution is -2.63. The summed E-state index contributed by atoms with van der Waals surface area (Å²) in [7, 11) is -3.80. The van der Waals surface area contributed by atoms with Gasteiger partial charge >= 0.3 is 12.2 Å². The zero-order valence-electron chi connectivity index (χ0n) is 31.2. The molecule has 2 fully saturated rings. The van der Waals surface area contributed by atoms with Crippen molar-refractivity contribution in [3.05, 3.63) is 43.0 Å². The summed E-state index contributed by atoms with van der Waals surface area (Å²) in [4.78, 5) is 69.0. The third-order valence-corrected chi connectivity index (χ3v) is 11.9. The monoisotopic (exact) mass is 769 g/mol. The molecule has 4 atom stereocenters. The Labute approximate surface area is 310 Å². The number of hydrogen-bond acceptors (Lipinski definition) is 7. The van der Waals surface area contributed by atoms with Crippen molar-refractivity contribution in [3.63, 3.8) is 0 Å². The Morgan fingerprint density at radius 2 is 1.62 bits per heavy atom. The second kappa shape index (κ2) is 17.9. The van der Waals surface area contributed by atoms with Crippen molar-refractivity contribution in [2.75, 3.05) is 18.8 Å². The first kappa shape index (κ1) is 43.5. The number of alkyl halides is 3. The van der Waals surface area contributed by atoms with E-state index in [-0.39, 0.29) is 29.7 Å². The first-order chi connectivity index (χ1) is 24.6. The van der Waals surface area contributed by atoms with Crippen LogP contribution in [0.5, 0.6) is 0 Å². The van der Waals surface area contributed by atoms with Crippen molar-refractivity contribution in [3.8, 4) is 0 Å². The van der Waals surface area contributed by atoms with Crippen molar-refractivity contribution in [1.82, 2.24) is 26.2 Å². The number of rotatable bonds is 15. The molecular formula is C37H54F3N5O7S. The zero-order valence-corrected chi connectivity index (χ0v) is 32.0. The molecule has 0 spiro atoms. The van der Waals surface area contributed by atoms with E-state index in [0.29, 0.717) is 32.1 Å². The van der Waals surface area contributed by atoms with Crippen LogP contribution in [-0.4, -0.2) is 91.5 Å². The standard InChI is InChI=1S/C37H54F3N5O7S/c1-7-21-41-32(48)29(46)27(16-20-37(38,39)40)42-31(47)28-26(24(2)3)17-22-45(28)33(49)30(35(4,5)6)43-34(50)44-36(18-12-9-13-19-36)23-53(51,52)25-14-10-8-11-15-25/h7-8,10-11,14-15,24,26-28,30H,1,9,12-13,16-23H2,2-6H3,(H,41,48)(H,42,47)(H2,43,44,50)/t26?,27?,28-,30+/m0/s1. The van der Waals surface area contributed by atoms with Crippen molar-refractivity contribution in [1.29, 1.82) is 0 Å². The molecule has 2 aliphatic rings. The number of Topliss-reactive ketones (excluding diaryl/α,β-unsaturated/α-hetero) is 1. The quantitative estimate of drug-likeness (QED) is 0.151. The molecule has 3 rings (SSSR count). The second-order valence-electron chi connectivity index (χ2n) is 15.6. The number of carbonyl (C=O) groups is 5. The van der Waals surface area contributed by atoms with E-state index in [1.807, 2.05) is 13.8 Å². The third-order valence-electron chi connectivity index (χ3n) is 9.98. The average Bonchev–Trinajstić information content (AvgIpc) is 3.53. The number of nitrogens with zero attached hydrogens (tertiary/aromatic N) is 1. The summed E-state index contributed by atoms with van der Waals surface area (Å²) in [6, 6.07) is 2.93. The minimum absolute atomic E-state index is 0.0793. The first-order valence-corrected chi connectivity index (χ1v) is 19.7. The molecule has 4 N–H and O–H groups in total. The Bertz CT molecular complexity index is 1590. The SMILES string of the molecule is C=CCNC(=O)C(=O)C(CCC(F)(F)F)NC(=O)[C@@H]1C(C(C)C)CCN1C(=O)[C@@H](NC(=O)NC1(CS(=O)(=O)c2ccccc2)CCCCC1)C(C)(C)C. The van der Waals surface area contributed by atoms with Crippen molar-refractivity contribution >= 4 is 39.4 Å². The minimum Gasteiger partial charge on any atom is -0.346 e. The number of amides is 5. The Hall–Kier alpha value is -3.95. The van der Waals surface area contributed by atoms with Gasteiger partial charge in [-0.1, -0.05) is 78.2 Å². The maximum Gasteiger partial charge on any atom is 0.389 e. The molecule has 1 saturated carbocycles. The zero-order chi connectivity index (χ0) is 39.8. The summed E-state index contributed by atoms with van der Waals surface area (Å²) in [6.07, 6.45) is -2.31. The molecule has 1 aliphatic heterocycles. The number of sulfone groups is 1. The Balaban J connectivity index is 1.89. The smallest absolute Gasteiger partial charge is 0.346 e. The number of hydrogen-bond donors (Lipinski definition) is 4. The van der Waals surface area contributed by atoms with Crippen molar-refractivity contribution in [2.45, 2.75) is 121 Å². The van der Waals surface area contributed by atoms with Gasteiger partial charge in [-0.05, 0) is 55.1 Å². The number of carbonyl (C=O) groups excluding carboxylic acids is 5. The maximum absolute atomic E-state index is 14.4. The van der Waals surface area contributed by atoms with Gasteiger partial charge in [0.25, 0.3) is 5.91 Å². The fourth-order valence-electron chi connectivity index (χ4n) is 7.17. The number of nitrogens with one attached hydrogen (secondary N) is 4. The highest BCUT2D eigenvalue weighted by Gasteiger charge is 2.48. The van der Waals surface area contributed by atoms with Gasteiger partial charge in [0, 0.05) is 19.5 Å². The second-order valence-corrected chi connectivity index (χ2v) is 17.6. The molecule has 0 aromatic heterocycles. The van der Waals surface area contributed by atoms with E-state index in [1.165, 1.54) is 23.1 Å². The van der Waals surface area contributed by atoms with Gasteiger partial charge in [-0.15, -0.1) is 6.58 Å². The molecule has 16 heteroatoms. The lowest BCUT2D eigenvalue weighted by Gasteiger charge is -2.40. The molecule has 1 saturated heterocycles. The van der Waals surface area contributed by atoms with Crippen LogP contribution < -0.4 is 21.3 Å². The summed E-state index contributed by atoms with van der Waals surface area (Å²) < 4.78 is 66.6. The molecule has 0 bridgehead atoms. The molecule has 1 aromatic carbocycles. The van der Waals surface area contributed by atoms with Gasteiger partial charge in [0.2, 0.25) is 17.6 Å². The number of ketones is 1. The van der Waals surface area contributed by atoms with E-state index in [4.69, 9.17) is 0 Å². The molecule has 12 nitrogen and oxygen atoms in total. The number of halogens is 3. The van der Waals surface area contributed by atoms with Crippen molar-refractivity contribution in [2.24, 2.45) is 17.3 Å². The van der Waals surface area contributed by atoms with Gasteiger partial charge in [-0.2, -0.15) is 13.2 Å². The minimum atomic E-state index is -4.68. The van der Waals surface area contributed by atoms with Gasteiger partial charge in [0.15, 0.2) is 9.84 Å². The maximum atomic E-state index is 14.4. The van der Waals surface area contributed by atoms with Gasteiger partial charge in [0.05, 0.1) is 22.2 Å². The van der Waals surface area contributed by atoms with Crippen LogP contribution >= 0.6 is 0 Å². The predicted octanol–water partition coefficient (Wildman–Crippen LogP) is 4.45. The molecule has 296 valence electrons. The van der Waals surface area contributed by atoms with Crippen LogP contribution in [0.4, 0.5) is 18.0 Å². The van der Waals surface area contributed by atoms with Crippen LogP contribution in [0.25, 0.3) is 0 Å². The van der Waals surface area contributed by atoms with E-state index in [2.05, 4.69) is 27.8 Å². The Kier molecular flexibility index (Phi) is 14.7. The molecule has 53 heavy (non-hydrogen) atoms. The molecule has 1 aliphatic carbocycles. The highest BCUT2D eigenvalue weighted by atomic mass is 32.2. The number of likely N-dealkylation sites (tertiary alicyclic amines) is 1. The Morgan fingerprint density at radius 3 is 2.17 bits per heavy atom. The Morgan fingerprint density at radius 1 is 1.00 bits per heavy atom. The average molecular weight is 770 g/mol. The molecular weight excluding hydrogens is 715 g/mol. The first-order valence-electron chi connectivity index (χ1n) is 18.1. The third kappa shape index (κ3) is 12.0. The fraction of sp³-hybridized carbons (Fsp3) is 0.649. The summed E-state index contributed by atoms with van der Waals surface area (Å²) in [6.45, 7) is 12.2. The van der Waals surface area contributed by atoms with Gasteiger partial charge < -0.3 is 26.2 Å². The normalized spacial score (nSPS) is 20.2. The lowest BCUT2D eigenvalue weighted by atomic mass is 9.83. The van der Waals surface area contributed by atoms with Gasteiger partial charge in [-0.3, -0.25) is 19.2 Å². The molecule has 5 amide bonds. The van der Waals surface area contributed by atoms with E-state index >= 15 is 0 Å². The van der Waals surface area contributed by atoms with Crippen LogP contribution in [0.1, 0.15) is 86.0 Å². The summed E-state index contributed by atoms with van der Waals surface area (Å²) in [5.74, 6) is -4.95. The van der Waals surface area contributed by atoms with Crippen LogP contribution in [0.3, 0.4) is 0 Å². The molecule has 2 unspecified atom stereocenters. The largest absolute Gasteiger partial charge is 0.389 e. The fourth-order valence-corrected chi connectivity index (χ4v) is 9.00. The van der Waals surface area contributed by atoms with Crippen LogP contribution in [-0.2, 0) is 29.0 Å². The van der Waals surface area contributed by atoms with E-state index < -0.39 is 93.4 Å². The van der Waals surface area contributed by atoms with Gasteiger partial charge in [-0.25, -0.2) is 13.2 Å². The lowest BCUT2D eigenvalue weighted by molar-refractivity contribution is -0.147. The summed E-state index contributed by atoms with van der Waals surface area (Å²) in [5.41, 5.74) is -2.02. The van der Waals surface area contributed by atoms with Crippen LogP contribution in [0, 0.1) is 17.3 Å². The summed E-state index contributed by atoms with van der Waals surface area (Å²) in [5, 5.41) is 10.2. The summed E-state index contributed by atoms with van der Waals surface area (Å²) >= 11 is 0. The highest BCUT2D eigenvalue weighted by molar-refractivity contribution is 7.91. The van der Waals surface area contributed by atoms with Crippen molar-refractivity contribution < 1.29 is 45.6 Å². The number of urea groups is 1. The van der Waals surface area contributed by atoms with E-state index in [0.717, 1.165) is 6.42 Å². The highest BCUT2D eigenvalue weighted by Crippen LogP contribution is 2.35. The van der Waals surface area contributed by atoms with Gasteiger partial charge in [0.1, 0.15) is 12.1 Å². The van der Waals surface area contributed by atoms with E-state index in [1.54, 1.807) is 39.0 Å².